The Labute approximate surface area is 438 Å². The van der Waals surface area contributed by atoms with Gasteiger partial charge in [0.15, 0.2) is 0 Å². The fourth-order valence-corrected chi connectivity index (χ4v) is 11.6. The second-order valence-electron chi connectivity index (χ2n) is 20.6. The van der Waals surface area contributed by atoms with Gasteiger partial charge >= 0.3 is 0 Å². The van der Waals surface area contributed by atoms with Crippen LogP contribution in [0.25, 0.3) is 99.5 Å². The summed E-state index contributed by atoms with van der Waals surface area (Å²) >= 11 is 0. The van der Waals surface area contributed by atoms with Crippen LogP contribution in [0.4, 0.5) is 17.1 Å². The first-order valence-electron chi connectivity index (χ1n) is 26.0. The molecular formula is C72H55NO2. The van der Waals surface area contributed by atoms with Crippen molar-refractivity contribution in [2.75, 3.05) is 4.90 Å². The highest BCUT2D eigenvalue weighted by Crippen LogP contribution is 2.55. The van der Waals surface area contributed by atoms with Crippen LogP contribution < -0.4 is 4.90 Å². The van der Waals surface area contributed by atoms with Crippen LogP contribution in [-0.4, -0.2) is 0 Å². The molecule has 0 saturated carbocycles. The van der Waals surface area contributed by atoms with Crippen molar-refractivity contribution in [3.05, 3.63) is 270 Å². The second-order valence-corrected chi connectivity index (χ2v) is 20.6. The molecule has 0 spiro atoms. The number of benzene rings is 11. The molecule has 14 rings (SSSR count). The zero-order chi connectivity index (χ0) is 50.8. The highest BCUT2D eigenvalue weighted by atomic mass is 16.3. The molecule has 75 heavy (non-hydrogen) atoms. The van der Waals surface area contributed by atoms with E-state index in [-0.39, 0.29) is 5.41 Å². The predicted molar refractivity (Wildman–Crippen MR) is 316 cm³/mol. The Hall–Kier alpha value is -9.18. The first-order chi connectivity index (χ1) is 36.7. The monoisotopic (exact) mass is 965 g/mol. The van der Waals surface area contributed by atoms with E-state index in [1.165, 1.54) is 61.2 Å². The minimum absolute atomic E-state index is 0.149. The Morgan fingerprint density at radius 1 is 0.347 bits per heavy atom. The molecule has 0 fully saturated rings. The van der Waals surface area contributed by atoms with Crippen molar-refractivity contribution in [3.63, 3.8) is 0 Å². The third kappa shape index (κ3) is 7.91. The summed E-state index contributed by atoms with van der Waals surface area (Å²) in [6.45, 7) is 11.2. The summed E-state index contributed by atoms with van der Waals surface area (Å²) in [7, 11) is 0. The van der Waals surface area contributed by atoms with Gasteiger partial charge in [0.1, 0.15) is 22.3 Å². The summed E-state index contributed by atoms with van der Waals surface area (Å²) in [5.41, 5.74) is 25.0. The number of para-hydroxylation sites is 2. The van der Waals surface area contributed by atoms with Crippen LogP contribution in [0.5, 0.6) is 0 Å². The fraction of sp³-hybridized carbons (Fsp3) is 0.0833. The number of aryl methyl sites for hydroxylation is 3. The molecule has 2 aromatic heterocycles. The molecule has 3 heteroatoms. The zero-order valence-electron chi connectivity index (χ0n) is 42.9. The van der Waals surface area contributed by atoms with Gasteiger partial charge in [-0.05, 0) is 148 Å². The van der Waals surface area contributed by atoms with Gasteiger partial charge in [-0.15, -0.1) is 0 Å². The molecule has 2 heterocycles. The van der Waals surface area contributed by atoms with Crippen molar-refractivity contribution in [1.29, 1.82) is 0 Å². The molecule has 13 aromatic rings. The van der Waals surface area contributed by atoms with E-state index in [9.17, 15) is 0 Å². The molecule has 0 unspecified atom stereocenters. The maximum absolute atomic E-state index is 6.76. The summed E-state index contributed by atoms with van der Waals surface area (Å²) in [5, 5.41) is 4.43. The lowest BCUT2D eigenvalue weighted by Gasteiger charge is -2.29. The Kier molecular flexibility index (Phi) is 11.2. The SMILES string of the molecule is Cc1ccc(-c2ccc3oc4cccc(N(c5ccc(-c6ccccc6)cc5)c5cccc6c5-c5ccccc5C6(C)C)c4c3c2)cc1-c1cc(-c2cccc3c2oc2ccccc23)ccc1C.Cc1ccccc1. The number of anilines is 3. The normalized spacial score (nSPS) is 12.4. The van der Waals surface area contributed by atoms with Crippen LogP contribution in [0.2, 0.25) is 0 Å². The van der Waals surface area contributed by atoms with Crippen molar-refractivity contribution < 1.29 is 8.83 Å². The minimum atomic E-state index is -0.149. The van der Waals surface area contributed by atoms with E-state index >= 15 is 0 Å². The number of furan rings is 2. The standard InChI is InChI=1S/C65H47NO2.C7H8/c1-40-27-29-44(37-52(40)53-39-46(30-28-41(53)2)48-19-12-20-50-49-17-9-11-25-59(49)68-64(48)50)45-33-36-60-54(38-45)63-58(24-14-26-61(63)67-60)66(47-34-31-43(32-35-47)42-15-6-5-7-16-42)57-23-13-22-56-62(57)51-18-8-10-21-55(51)65(56,3)4;1-7-5-3-2-4-6-7/h5-39H,1-4H3;2-6H,1H3. The van der Waals surface area contributed by atoms with Gasteiger partial charge in [-0.2, -0.15) is 0 Å². The van der Waals surface area contributed by atoms with Crippen LogP contribution in [0, 0.1) is 20.8 Å². The van der Waals surface area contributed by atoms with Gasteiger partial charge in [0.05, 0.1) is 16.8 Å². The van der Waals surface area contributed by atoms with E-state index in [0.717, 1.165) is 83.2 Å². The Morgan fingerprint density at radius 3 is 1.67 bits per heavy atom. The molecule has 0 amide bonds. The number of hydrogen-bond donors (Lipinski definition) is 0. The molecule has 0 bridgehead atoms. The molecule has 0 atom stereocenters. The zero-order valence-corrected chi connectivity index (χ0v) is 42.9. The molecule has 1 aliphatic carbocycles. The molecule has 0 N–H and O–H groups in total. The second kappa shape index (κ2) is 18.4. The van der Waals surface area contributed by atoms with E-state index < -0.39 is 0 Å². The van der Waals surface area contributed by atoms with E-state index in [0.29, 0.717) is 0 Å². The van der Waals surface area contributed by atoms with E-state index in [1.54, 1.807) is 0 Å². The average Bonchev–Trinajstić information content (AvgIpc) is 4.10. The molecule has 1 aliphatic rings. The van der Waals surface area contributed by atoms with Crippen LogP contribution >= 0.6 is 0 Å². The number of rotatable bonds is 7. The molecule has 0 radical (unpaired) electrons. The first kappa shape index (κ1) is 45.7. The lowest BCUT2D eigenvalue weighted by Crippen LogP contribution is -2.16. The third-order valence-electron chi connectivity index (χ3n) is 15.5. The molecular weight excluding hydrogens is 911 g/mol. The van der Waals surface area contributed by atoms with Crippen molar-refractivity contribution >= 4 is 60.9 Å². The van der Waals surface area contributed by atoms with Crippen LogP contribution in [0.1, 0.15) is 41.7 Å². The van der Waals surface area contributed by atoms with Crippen LogP contribution in [0.15, 0.2) is 251 Å². The van der Waals surface area contributed by atoms with Gasteiger partial charge in [0.2, 0.25) is 0 Å². The van der Waals surface area contributed by atoms with Gasteiger partial charge in [-0.1, -0.05) is 201 Å². The minimum Gasteiger partial charge on any atom is -0.456 e. The Morgan fingerprint density at radius 2 is 0.893 bits per heavy atom. The molecule has 360 valence electrons. The van der Waals surface area contributed by atoms with Crippen molar-refractivity contribution in [3.8, 4) is 55.6 Å². The predicted octanol–water partition coefficient (Wildman–Crippen LogP) is 20.5. The van der Waals surface area contributed by atoms with Crippen molar-refractivity contribution in [2.24, 2.45) is 0 Å². The number of nitrogens with zero attached hydrogens (tertiary/aromatic N) is 1. The van der Waals surface area contributed by atoms with Gasteiger partial charge in [-0.3, -0.25) is 0 Å². The maximum atomic E-state index is 6.76. The van der Waals surface area contributed by atoms with Gasteiger partial charge in [0.25, 0.3) is 0 Å². The quantitative estimate of drug-likeness (QED) is 0.159. The summed E-state index contributed by atoms with van der Waals surface area (Å²) in [5.74, 6) is 0. The molecule has 3 nitrogen and oxygen atoms in total. The average molecular weight is 966 g/mol. The summed E-state index contributed by atoms with van der Waals surface area (Å²) in [6.07, 6.45) is 0. The lowest BCUT2D eigenvalue weighted by atomic mass is 9.82. The van der Waals surface area contributed by atoms with Gasteiger partial charge in [-0.25, -0.2) is 0 Å². The molecule has 0 saturated heterocycles. The molecule has 11 aromatic carbocycles. The topological polar surface area (TPSA) is 29.5 Å². The summed E-state index contributed by atoms with van der Waals surface area (Å²) in [4.78, 5) is 2.46. The maximum Gasteiger partial charge on any atom is 0.143 e. The third-order valence-corrected chi connectivity index (χ3v) is 15.5. The first-order valence-corrected chi connectivity index (χ1v) is 26.0. The fourth-order valence-electron chi connectivity index (χ4n) is 11.6. The Balaban J connectivity index is 0.000000717. The van der Waals surface area contributed by atoms with E-state index in [4.69, 9.17) is 8.83 Å². The molecule has 0 aliphatic heterocycles. The number of hydrogen-bond acceptors (Lipinski definition) is 3. The highest BCUT2D eigenvalue weighted by Gasteiger charge is 2.38. The summed E-state index contributed by atoms with van der Waals surface area (Å²) < 4.78 is 13.3. The highest BCUT2D eigenvalue weighted by molar-refractivity contribution is 6.15. The van der Waals surface area contributed by atoms with Crippen LogP contribution in [0.3, 0.4) is 0 Å². The Bertz CT molecular complexity index is 4290. The van der Waals surface area contributed by atoms with E-state index in [1.807, 2.05) is 30.3 Å². The number of fused-ring (bicyclic) bond motifs is 9. The smallest absolute Gasteiger partial charge is 0.143 e. The lowest BCUT2D eigenvalue weighted by molar-refractivity contribution is 0.660. The van der Waals surface area contributed by atoms with Gasteiger partial charge < -0.3 is 13.7 Å². The van der Waals surface area contributed by atoms with Gasteiger partial charge in [0, 0.05) is 38.4 Å². The van der Waals surface area contributed by atoms with E-state index in [2.05, 4.69) is 252 Å². The largest absolute Gasteiger partial charge is 0.456 e. The van der Waals surface area contributed by atoms with Crippen LogP contribution in [-0.2, 0) is 5.41 Å². The van der Waals surface area contributed by atoms with Crippen molar-refractivity contribution in [1.82, 2.24) is 0 Å². The van der Waals surface area contributed by atoms with Crippen molar-refractivity contribution in [2.45, 2.75) is 40.0 Å². The summed E-state index contributed by atoms with van der Waals surface area (Å²) in [6, 6.07) is 87.3.